The first-order valence-corrected chi connectivity index (χ1v) is 9.25. The van der Waals surface area contributed by atoms with E-state index in [1.807, 2.05) is 25.1 Å². The van der Waals surface area contributed by atoms with Crippen molar-refractivity contribution in [1.29, 1.82) is 0 Å². The number of hydrogen-bond donors (Lipinski definition) is 0. The maximum absolute atomic E-state index is 12.8. The maximum Gasteiger partial charge on any atom is 0.344 e. The van der Waals surface area contributed by atoms with E-state index in [0.717, 1.165) is 5.56 Å². The van der Waals surface area contributed by atoms with Crippen LogP contribution >= 0.6 is 0 Å². The molecule has 0 aromatic heterocycles. The number of carbonyl (C=O) groups is 2. The zero-order chi connectivity index (χ0) is 20.6. The van der Waals surface area contributed by atoms with Gasteiger partial charge in [-0.3, -0.25) is 4.79 Å². The average Bonchev–Trinajstić information content (AvgIpc) is 2.75. The Balaban J connectivity index is 1.46. The summed E-state index contributed by atoms with van der Waals surface area (Å²) in [7, 11) is 0. The van der Waals surface area contributed by atoms with E-state index in [-0.39, 0.29) is 19.1 Å². The summed E-state index contributed by atoms with van der Waals surface area (Å²) in [5, 5.41) is 0. The van der Waals surface area contributed by atoms with E-state index >= 15 is 0 Å². The summed E-state index contributed by atoms with van der Waals surface area (Å²) in [6, 6.07) is 10.8. The summed E-state index contributed by atoms with van der Waals surface area (Å²) in [6.07, 6.45) is 0. The van der Waals surface area contributed by atoms with Crippen molar-refractivity contribution in [3.8, 4) is 17.2 Å². The van der Waals surface area contributed by atoms with Gasteiger partial charge in [-0.15, -0.1) is 0 Å². The van der Waals surface area contributed by atoms with Crippen LogP contribution in [0.5, 0.6) is 17.2 Å². The minimum Gasteiger partial charge on any atom is -0.486 e. The summed E-state index contributed by atoms with van der Waals surface area (Å²) in [6.45, 7) is 2.91. The molecule has 8 heteroatoms. The molecule has 29 heavy (non-hydrogen) atoms. The summed E-state index contributed by atoms with van der Waals surface area (Å²) in [4.78, 5) is 25.8. The fraction of sp³-hybridized carbons (Fsp3) is 0.333. The number of ether oxygens (including phenoxy) is 4. The lowest BCUT2D eigenvalue weighted by molar-refractivity contribution is -0.153. The molecule has 1 heterocycles. The van der Waals surface area contributed by atoms with Crippen molar-refractivity contribution < 1.29 is 32.9 Å². The van der Waals surface area contributed by atoms with E-state index < -0.39 is 11.8 Å². The second-order valence-electron chi connectivity index (χ2n) is 6.29. The van der Waals surface area contributed by atoms with Crippen molar-refractivity contribution in [3.63, 3.8) is 0 Å². The monoisotopic (exact) mass is 403 g/mol. The maximum atomic E-state index is 12.8. The predicted octanol–water partition coefficient (Wildman–Crippen LogP) is 2.57. The van der Waals surface area contributed by atoms with E-state index in [9.17, 15) is 14.0 Å². The van der Waals surface area contributed by atoms with Crippen LogP contribution in [0.15, 0.2) is 42.5 Å². The second kappa shape index (κ2) is 9.77. The highest BCUT2D eigenvalue weighted by Gasteiger charge is 2.17. The zero-order valence-corrected chi connectivity index (χ0v) is 16.1. The molecule has 0 atom stereocenters. The molecule has 1 aliphatic heterocycles. The van der Waals surface area contributed by atoms with Crippen molar-refractivity contribution in [2.24, 2.45) is 0 Å². The van der Waals surface area contributed by atoms with Crippen LogP contribution in [0.4, 0.5) is 4.39 Å². The summed E-state index contributed by atoms with van der Waals surface area (Å²) >= 11 is 0. The van der Waals surface area contributed by atoms with Gasteiger partial charge < -0.3 is 23.8 Å². The van der Waals surface area contributed by atoms with Crippen molar-refractivity contribution in [2.45, 2.75) is 13.5 Å². The van der Waals surface area contributed by atoms with Crippen LogP contribution in [-0.4, -0.2) is 49.7 Å². The Morgan fingerprint density at radius 3 is 2.48 bits per heavy atom. The second-order valence-corrected chi connectivity index (χ2v) is 6.29. The highest BCUT2D eigenvalue weighted by atomic mass is 19.1. The number of halogens is 1. The Morgan fingerprint density at radius 2 is 1.76 bits per heavy atom. The van der Waals surface area contributed by atoms with Gasteiger partial charge in [0.15, 0.2) is 24.7 Å². The van der Waals surface area contributed by atoms with E-state index in [1.54, 1.807) is 4.90 Å². The third kappa shape index (κ3) is 5.84. The first-order chi connectivity index (χ1) is 14.0. The molecular weight excluding hydrogens is 381 g/mol. The minimum atomic E-state index is -0.682. The van der Waals surface area contributed by atoms with Gasteiger partial charge in [-0.25, -0.2) is 9.18 Å². The summed E-state index contributed by atoms with van der Waals surface area (Å²) < 4.78 is 34.1. The topological polar surface area (TPSA) is 74.3 Å². The first kappa shape index (κ1) is 20.4. The Morgan fingerprint density at radius 1 is 1.03 bits per heavy atom. The van der Waals surface area contributed by atoms with E-state index in [2.05, 4.69) is 0 Å². The van der Waals surface area contributed by atoms with E-state index in [1.165, 1.54) is 24.3 Å². The molecule has 0 N–H and O–H groups in total. The molecule has 0 saturated carbocycles. The van der Waals surface area contributed by atoms with E-state index in [4.69, 9.17) is 18.9 Å². The summed E-state index contributed by atoms with van der Waals surface area (Å²) in [5.41, 5.74) is 0.885. The van der Waals surface area contributed by atoms with Crippen LogP contribution in [0.1, 0.15) is 12.5 Å². The highest BCUT2D eigenvalue weighted by Crippen LogP contribution is 2.31. The van der Waals surface area contributed by atoms with Gasteiger partial charge in [0.25, 0.3) is 5.91 Å². The largest absolute Gasteiger partial charge is 0.486 e. The molecule has 154 valence electrons. The van der Waals surface area contributed by atoms with Crippen LogP contribution in [0.3, 0.4) is 0 Å². The molecule has 0 fully saturated rings. The van der Waals surface area contributed by atoms with Crippen molar-refractivity contribution in [3.05, 3.63) is 53.8 Å². The SMILES string of the molecule is CCN(Cc1ccc2c(c1)OCCO2)C(=O)COC(=O)COc1ccc(F)cc1. The number of benzene rings is 2. The summed E-state index contributed by atoms with van der Waals surface area (Å²) in [5.74, 6) is 0.272. The van der Waals surface area contributed by atoms with Gasteiger partial charge in [-0.2, -0.15) is 0 Å². The molecule has 3 rings (SSSR count). The molecule has 2 aromatic carbocycles. The third-order valence-electron chi connectivity index (χ3n) is 4.24. The predicted molar refractivity (Wildman–Crippen MR) is 101 cm³/mol. The molecule has 2 aromatic rings. The van der Waals surface area contributed by atoms with Gasteiger partial charge in [0.1, 0.15) is 24.8 Å². The van der Waals surface area contributed by atoms with Crippen molar-refractivity contribution in [2.75, 3.05) is 33.0 Å². The number of nitrogens with zero attached hydrogens (tertiary/aromatic N) is 1. The lowest BCUT2D eigenvalue weighted by Crippen LogP contribution is -2.34. The molecule has 0 radical (unpaired) electrons. The smallest absolute Gasteiger partial charge is 0.344 e. The number of likely N-dealkylation sites (N-methyl/N-ethyl adjacent to an activating group) is 1. The fourth-order valence-corrected chi connectivity index (χ4v) is 2.73. The van der Waals surface area contributed by atoms with Gasteiger partial charge in [0.2, 0.25) is 0 Å². The zero-order valence-electron chi connectivity index (χ0n) is 16.1. The molecular formula is C21H22FNO6. The van der Waals surface area contributed by atoms with Crippen molar-refractivity contribution >= 4 is 11.9 Å². The Kier molecular flexibility index (Phi) is 6.89. The molecule has 0 spiro atoms. The Hall–Kier alpha value is -3.29. The van der Waals surface area contributed by atoms with Crippen LogP contribution in [-0.2, 0) is 20.9 Å². The number of esters is 1. The van der Waals surface area contributed by atoms with Gasteiger partial charge in [-0.1, -0.05) is 6.07 Å². The number of amides is 1. The molecule has 0 unspecified atom stereocenters. The van der Waals surface area contributed by atoms with Crippen LogP contribution in [0.25, 0.3) is 0 Å². The van der Waals surface area contributed by atoms with Crippen LogP contribution < -0.4 is 14.2 Å². The minimum absolute atomic E-state index is 0.322. The molecule has 0 saturated heterocycles. The third-order valence-corrected chi connectivity index (χ3v) is 4.24. The van der Waals surface area contributed by atoms with Gasteiger partial charge in [-0.05, 0) is 48.9 Å². The first-order valence-electron chi connectivity index (χ1n) is 9.25. The quantitative estimate of drug-likeness (QED) is 0.631. The number of hydrogen-bond acceptors (Lipinski definition) is 6. The molecule has 1 aliphatic rings. The van der Waals surface area contributed by atoms with Gasteiger partial charge in [0, 0.05) is 13.1 Å². The lowest BCUT2D eigenvalue weighted by atomic mass is 10.2. The number of carbonyl (C=O) groups excluding carboxylic acids is 2. The number of rotatable bonds is 8. The van der Waals surface area contributed by atoms with E-state index in [0.29, 0.717) is 43.6 Å². The van der Waals surface area contributed by atoms with Crippen LogP contribution in [0.2, 0.25) is 0 Å². The fourth-order valence-electron chi connectivity index (χ4n) is 2.73. The Labute approximate surface area is 167 Å². The van der Waals surface area contributed by atoms with Crippen molar-refractivity contribution in [1.82, 2.24) is 4.90 Å². The molecule has 0 aliphatic carbocycles. The standard InChI is InChI=1S/C21H22FNO6/c1-2-23(12-15-3-8-18-19(11-15)27-10-9-26-18)20(24)13-29-21(25)14-28-17-6-4-16(22)5-7-17/h3-8,11H,2,9-10,12-14H2,1H3. The number of fused-ring (bicyclic) bond motifs is 1. The molecule has 0 bridgehead atoms. The molecule has 1 amide bonds. The van der Waals surface area contributed by atoms with Gasteiger partial charge >= 0.3 is 5.97 Å². The van der Waals surface area contributed by atoms with Crippen LogP contribution in [0, 0.1) is 5.82 Å². The average molecular weight is 403 g/mol. The van der Waals surface area contributed by atoms with Gasteiger partial charge in [0.05, 0.1) is 0 Å². The Bertz CT molecular complexity index is 855. The lowest BCUT2D eigenvalue weighted by Gasteiger charge is -2.23. The molecule has 7 nitrogen and oxygen atoms in total. The highest BCUT2D eigenvalue weighted by molar-refractivity contribution is 5.81. The normalized spacial score (nSPS) is 12.2.